The van der Waals surface area contributed by atoms with Crippen LogP contribution in [0.4, 0.5) is 0 Å². The van der Waals surface area contributed by atoms with Crippen LogP contribution in [-0.2, 0) is 0 Å². The molecule has 9 aromatic rings. The van der Waals surface area contributed by atoms with Gasteiger partial charge in [-0.3, -0.25) is 9.97 Å². The van der Waals surface area contributed by atoms with Gasteiger partial charge in [-0.15, -0.1) is 10.2 Å². The molecule has 0 aliphatic rings. The fraction of sp³-hybridized carbons (Fsp3) is 0.200. The minimum Gasteiger partial charge on any atom is -0.265 e. The SMILES string of the molecule is Cc1ccccn1.Cc1cccnn1.Cc1ccncc1.Cc1ccncn1.Cc1ccnnc1.Cc1cncnc1.Cc1cnnnc1.Cc1ncccn1.Cc1ncncn1. The number of pyridine rings is 2. The number of hydrogen-bond donors (Lipinski definition) is 0. The van der Waals surface area contributed by atoms with Crippen molar-refractivity contribution in [2.45, 2.75) is 62.3 Å². The van der Waals surface area contributed by atoms with E-state index in [2.05, 4.69) is 90.6 Å². The second-order valence-corrected chi connectivity index (χ2v) is 12.4. The Morgan fingerprint density at radius 2 is 0.841 bits per heavy atom. The van der Waals surface area contributed by atoms with Crippen molar-refractivity contribution in [1.29, 1.82) is 0 Å². The maximum atomic E-state index is 3.98. The molecule has 9 aromatic heterocycles. The van der Waals surface area contributed by atoms with Crippen molar-refractivity contribution in [1.82, 2.24) is 90.6 Å². The number of rotatable bonds is 0. The highest BCUT2D eigenvalue weighted by atomic mass is 15.3. The molecule has 9 rings (SSSR count). The lowest BCUT2D eigenvalue weighted by Crippen LogP contribution is -1.84. The molecule has 0 spiro atoms. The Hall–Kier alpha value is -8.28. The number of nitrogens with zero attached hydrogens (tertiary/aromatic N) is 18. The zero-order chi connectivity index (χ0) is 46.0. The Morgan fingerprint density at radius 3 is 1.13 bits per heavy atom. The van der Waals surface area contributed by atoms with E-state index in [9.17, 15) is 0 Å². The summed E-state index contributed by atoms with van der Waals surface area (Å²) in [5.41, 5.74) is 7.59. The summed E-state index contributed by atoms with van der Waals surface area (Å²) in [5, 5.41) is 25.0. The Kier molecular flexibility index (Phi) is 30.8. The Balaban J connectivity index is 0.000000354. The fourth-order valence-electron chi connectivity index (χ4n) is 3.31. The summed E-state index contributed by atoms with van der Waals surface area (Å²) < 4.78 is 0. The number of aromatic nitrogens is 18. The third-order valence-corrected chi connectivity index (χ3v) is 6.46. The molecule has 18 heteroatoms. The van der Waals surface area contributed by atoms with Crippen LogP contribution in [0, 0.1) is 62.3 Å². The first-order valence-electron chi connectivity index (χ1n) is 19.1. The largest absolute Gasteiger partial charge is 0.265 e. The standard InChI is InChI=1S/2C6H7N.5C5H6N2.2C4H5N3/c1-6-2-4-7-5-3-6;1-6-4-2-3-5-7-6;1-5-2-6-4-7-3-5;1-5-2-3-6-4-7-5;1-5-2-3-6-7-4-5;1-5-6-3-2-4-7-5;1-5-3-2-4-6-7-5;1-4-6-2-5-3-7-4;1-4-2-5-7-6-3-4/h2*2-5H,1H3;5*2-4H,1H3;2*2-3H,1H3. The van der Waals surface area contributed by atoms with Crippen molar-refractivity contribution in [3.63, 3.8) is 0 Å². The molecule has 0 saturated heterocycles. The lowest BCUT2D eigenvalue weighted by atomic mass is 10.3. The van der Waals surface area contributed by atoms with Gasteiger partial charge in [0.15, 0.2) is 0 Å². The molecule has 0 aliphatic carbocycles. The van der Waals surface area contributed by atoms with Crippen LogP contribution in [0.15, 0.2) is 167 Å². The maximum absolute atomic E-state index is 3.98. The summed E-state index contributed by atoms with van der Waals surface area (Å²) in [4.78, 5) is 41.8. The maximum Gasteiger partial charge on any atom is 0.128 e. The summed E-state index contributed by atoms with van der Waals surface area (Å²) in [6.45, 7) is 17.4. The highest BCUT2D eigenvalue weighted by Gasteiger charge is 1.79. The quantitative estimate of drug-likeness (QED) is 0.148. The van der Waals surface area contributed by atoms with Crippen molar-refractivity contribution < 1.29 is 0 Å². The molecule has 63 heavy (non-hydrogen) atoms. The predicted molar refractivity (Wildman–Crippen MR) is 241 cm³/mol. The third kappa shape index (κ3) is 35.4. The summed E-state index contributed by atoms with van der Waals surface area (Å²) in [6, 6.07) is 19.1. The van der Waals surface area contributed by atoms with E-state index >= 15 is 0 Å². The first kappa shape index (κ1) is 52.7. The van der Waals surface area contributed by atoms with Gasteiger partial charge in [0.05, 0.1) is 24.3 Å². The molecule has 9 heterocycles. The van der Waals surface area contributed by atoms with Gasteiger partial charge in [-0.1, -0.05) is 6.07 Å². The van der Waals surface area contributed by atoms with Crippen molar-refractivity contribution in [2.24, 2.45) is 0 Å². The highest BCUT2D eigenvalue weighted by Crippen LogP contribution is 1.90. The Morgan fingerprint density at radius 1 is 0.286 bits per heavy atom. The van der Waals surface area contributed by atoms with Crippen LogP contribution in [0.2, 0.25) is 0 Å². The molecule has 324 valence electrons. The van der Waals surface area contributed by atoms with E-state index in [-0.39, 0.29) is 0 Å². The van der Waals surface area contributed by atoms with Crippen LogP contribution < -0.4 is 0 Å². The van der Waals surface area contributed by atoms with Crippen LogP contribution in [0.25, 0.3) is 0 Å². The number of aryl methyl sites for hydroxylation is 9. The van der Waals surface area contributed by atoms with E-state index in [0.29, 0.717) is 0 Å². The summed E-state index contributed by atoms with van der Waals surface area (Å²) in [5.74, 6) is 1.58. The molecule has 0 atom stereocenters. The topological polar surface area (TPSA) is 232 Å². The van der Waals surface area contributed by atoms with Gasteiger partial charge in [0.1, 0.15) is 37.0 Å². The van der Waals surface area contributed by atoms with Crippen LogP contribution in [0.5, 0.6) is 0 Å². The molecule has 0 saturated carbocycles. The first-order valence-corrected chi connectivity index (χ1v) is 19.1. The van der Waals surface area contributed by atoms with Crippen molar-refractivity contribution in [3.8, 4) is 0 Å². The molecular weight excluding hydrogens is 793 g/mol. The monoisotopic (exact) mass is 846 g/mol. The average Bonchev–Trinajstić information content (AvgIpc) is 3.31. The van der Waals surface area contributed by atoms with Gasteiger partial charge in [-0.25, -0.2) is 44.9 Å². The zero-order valence-corrected chi connectivity index (χ0v) is 37.1. The second kappa shape index (κ2) is 36.8. The molecule has 0 aliphatic heterocycles. The van der Waals surface area contributed by atoms with Gasteiger partial charge in [-0.2, -0.15) is 20.4 Å². The third-order valence-electron chi connectivity index (χ3n) is 6.46. The average molecular weight is 847 g/mol. The molecular formula is C45H54N18. The second-order valence-electron chi connectivity index (χ2n) is 12.4. The minimum atomic E-state index is 0.759. The molecule has 0 unspecified atom stereocenters. The summed E-state index contributed by atoms with van der Waals surface area (Å²) in [6.07, 6.45) is 28.5. The van der Waals surface area contributed by atoms with Gasteiger partial charge < -0.3 is 0 Å². The van der Waals surface area contributed by atoms with E-state index < -0.39 is 0 Å². The zero-order valence-electron chi connectivity index (χ0n) is 37.1. The van der Waals surface area contributed by atoms with E-state index in [1.54, 1.807) is 86.6 Å². The Bertz CT molecular complexity index is 1760. The van der Waals surface area contributed by atoms with Crippen LogP contribution in [0.1, 0.15) is 51.0 Å². The fourth-order valence-corrected chi connectivity index (χ4v) is 3.31. The van der Waals surface area contributed by atoms with Gasteiger partial charge >= 0.3 is 0 Å². The van der Waals surface area contributed by atoms with Crippen LogP contribution >= 0.6 is 0 Å². The summed E-state index contributed by atoms with van der Waals surface area (Å²) in [7, 11) is 0. The van der Waals surface area contributed by atoms with Gasteiger partial charge in [0.2, 0.25) is 0 Å². The van der Waals surface area contributed by atoms with Gasteiger partial charge in [0.25, 0.3) is 0 Å². The highest BCUT2D eigenvalue weighted by molar-refractivity contribution is 5.06. The molecule has 0 fully saturated rings. The van der Waals surface area contributed by atoms with Gasteiger partial charge in [0, 0.05) is 73.4 Å². The molecule has 18 nitrogen and oxygen atoms in total. The van der Waals surface area contributed by atoms with E-state index in [0.717, 1.165) is 45.4 Å². The molecule has 0 bridgehead atoms. The smallest absolute Gasteiger partial charge is 0.128 e. The minimum absolute atomic E-state index is 0.759. The van der Waals surface area contributed by atoms with Gasteiger partial charge in [-0.05, 0) is 144 Å². The first-order chi connectivity index (χ1) is 30.5. The van der Waals surface area contributed by atoms with E-state index in [1.807, 2.05) is 117 Å². The lowest BCUT2D eigenvalue weighted by Gasteiger charge is -1.82. The molecule has 0 amide bonds. The summed E-state index contributed by atoms with van der Waals surface area (Å²) >= 11 is 0. The molecule has 0 N–H and O–H groups in total. The predicted octanol–water partition coefficient (Wildman–Crippen LogP) is 7.07. The normalized spacial score (nSPS) is 8.71. The van der Waals surface area contributed by atoms with Crippen molar-refractivity contribution in [3.05, 3.63) is 218 Å². The van der Waals surface area contributed by atoms with Crippen molar-refractivity contribution >= 4 is 0 Å². The number of hydrogen-bond acceptors (Lipinski definition) is 18. The molecule has 0 aromatic carbocycles. The van der Waals surface area contributed by atoms with E-state index in [1.165, 1.54) is 30.9 Å². The lowest BCUT2D eigenvalue weighted by molar-refractivity contribution is 0.853. The Labute approximate surface area is 369 Å². The van der Waals surface area contributed by atoms with E-state index in [4.69, 9.17) is 0 Å². The van der Waals surface area contributed by atoms with Crippen LogP contribution in [0.3, 0.4) is 0 Å². The molecule has 0 radical (unpaired) electrons. The van der Waals surface area contributed by atoms with Crippen LogP contribution in [-0.4, -0.2) is 90.6 Å². The van der Waals surface area contributed by atoms with Crippen molar-refractivity contribution in [2.75, 3.05) is 0 Å².